The van der Waals surface area contributed by atoms with E-state index in [9.17, 15) is 4.79 Å². The lowest BCUT2D eigenvalue weighted by atomic mass is 10.1. The lowest BCUT2D eigenvalue weighted by molar-refractivity contribution is 0.101. The van der Waals surface area contributed by atoms with Gasteiger partial charge in [0.05, 0.1) is 7.11 Å². The lowest BCUT2D eigenvalue weighted by Gasteiger charge is -2.11. The molecule has 2 rings (SSSR count). The number of ketones is 1. The van der Waals surface area contributed by atoms with Crippen molar-refractivity contribution in [1.29, 1.82) is 0 Å². The highest BCUT2D eigenvalue weighted by atomic mass is 16.5. The molecule has 4 heteroatoms. The van der Waals surface area contributed by atoms with Crippen LogP contribution >= 0.6 is 0 Å². The zero-order valence-corrected chi connectivity index (χ0v) is 11.6. The normalized spacial score (nSPS) is 10.1. The molecule has 0 heterocycles. The number of methoxy groups -OCH3 is 1. The summed E-state index contributed by atoms with van der Waals surface area (Å²) in [6.07, 6.45) is 0. The molecular formula is C16H17NO3. The first-order chi connectivity index (χ1) is 9.61. The molecule has 0 aliphatic carbocycles. The molecule has 0 aromatic heterocycles. The Labute approximate surface area is 118 Å². The molecule has 2 N–H and O–H groups in total. The van der Waals surface area contributed by atoms with Gasteiger partial charge in [-0.05, 0) is 25.1 Å². The number of carbonyl (C=O) groups is 1. The second-order valence-electron chi connectivity index (χ2n) is 4.41. The van der Waals surface area contributed by atoms with Gasteiger partial charge in [0.25, 0.3) is 0 Å². The molecule has 0 spiro atoms. The van der Waals surface area contributed by atoms with Gasteiger partial charge < -0.3 is 15.2 Å². The van der Waals surface area contributed by atoms with Crippen LogP contribution in [0.4, 0.5) is 5.69 Å². The molecule has 4 nitrogen and oxygen atoms in total. The summed E-state index contributed by atoms with van der Waals surface area (Å²) in [5.74, 6) is 1.35. The Balaban J connectivity index is 2.11. The highest BCUT2D eigenvalue weighted by molar-refractivity contribution is 5.99. The zero-order chi connectivity index (χ0) is 14.5. The van der Waals surface area contributed by atoms with Crippen molar-refractivity contribution in [2.75, 3.05) is 12.8 Å². The third-order valence-corrected chi connectivity index (χ3v) is 2.99. The van der Waals surface area contributed by atoms with Gasteiger partial charge >= 0.3 is 0 Å². The Morgan fingerprint density at radius 2 is 1.95 bits per heavy atom. The number of nitrogen functional groups attached to an aromatic ring is 1. The number of benzene rings is 2. The molecule has 20 heavy (non-hydrogen) atoms. The van der Waals surface area contributed by atoms with Crippen LogP contribution in [-0.2, 0) is 6.61 Å². The second-order valence-corrected chi connectivity index (χ2v) is 4.41. The number of rotatable bonds is 5. The molecule has 0 atom stereocenters. The zero-order valence-electron chi connectivity index (χ0n) is 11.6. The molecule has 0 radical (unpaired) electrons. The quantitative estimate of drug-likeness (QED) is 0.670. The van der Waals surface area contributed by atoms with Crippen molar-refractivity contribution in [2.45, 2.75) is 13.5 Å². The summed E-state index contributed by atoms with van der Waals surface area (Å²) in [6, 6.07) is 12.7. The van der Waals surface area contributed by atoms with E-state index in [0.717, 1.165) is 11.3 Å². The van der Waals surface area contributed by atoms with Crippen LogP contribution in [0, 0.1) is 0 Å². The van der Waals surface area contributed by atoms with Crippen LogP contribution in [0.2, 0.25) is 0 Å². The van der Waals surface area contributed by atoms with Crippen LogP contribution in [0.25, 0.3) is 0 Å². The molecule has 2 aromatic rings. The van der Waals surface area contributed by atoms with E-state index in [1.165, 1.54) is 6.92 Å². The molecule has 0 saturated carbocycles. The van der Waals surface area contributed by atoms with E-state index in [4.69, 9.17) is 15.2 Å². The van der Waals surface area contributed by atoms with Gasteiger partial charge in [-0.25, -0.2) is 0 Å². The maximum absolute atomic E-state index is 11.3. The maximum Gasteiger partial charge on any atom is 0.161 e. The minimum atomic E-state index is -0.0567. The SMILES string of the molecule is COc1ccccc1COc1ccc(C(C)=O)c(N)c1. The largest absolute Gasteiger partial charge is 0.496 e. The van der Waals surface area contributed by atoms with Gasteiger partial charge in [0.1, 0.15) is 18.1 Å². The third-order valence-electron chi connectivity index (χ3n) is 2.99. The van der Waals surface area contributed by atoms with Gasteiger partial charge in [-0.2, -0.15) is 0 Å². The van der Waals surface area contributed by atoms with E-state index < -0.39 is 0 Å². The molecule has 0 fully saturated rings. The van der Waals surface area contributed by atoms with Crippen LogP contribution in [0.15, 0.2) is 42.5 Å². The first kappa shape index (κ1) is 13.9. The number of hydrogen-bond acceptors (Lipinski definition) is 4. The minimum Gasteiger partial charge on any atom is -0.496 e. The van der Waals surface area contributed by atoms with Gasteiger partial charge in [-0.15, -0.1) is 0 Å². The monoisotopic (exact) mass is 271 g/mol. The Morgan fingerprint density at radius 1 is 1.20 bits per heavy atom. The fourth-order valence-electron chi connectivity index (χ4n) is 1.93. The van der Waals surface area contributed by atoms with Gasteiger partial charge in [-0.1, -0.05) is 18.2 Å². The van der Waals surface area contributed by atoms with Crippen molar-refractivity contribution in [3.63, 3.8) is 0 Å². The molecular weight excluding hydrogens is 254 g/mol. The van der Waals surface area contributed by atoms with Gasteiger partial charge in [0.2, 0.25) is 0 Å². The fourth-order valence-corrected chi connectivity index (χ4v) is 1.93. The summed E-state index contributed by atoms with van der Waals surface area (Å²) in [6.45, 7) is 1.87. The Morgan fingerprint density at radius 3 is 2.60 bits per heavy atom. The summed E-state index contributed by atoms with van der Waals surface area (Å²) in [5.41, 5.74) is 7.71. The number of ether oxygens (including phenoxy) is 2. The number of Topliss-reactive ketones (excluding diaryl/α,β-unsaturated/α-hetero) is 1. The molecule has 2 aromatic carbocycles. The van der Waals surface area contributed by atoms with Crippen molar-refractivity contribution in [2.24, 2.45) is 0 Å². The topological polar surface area (TPSA) is 61.5 Å². The molecule has 0 unspecified atom stereocenters. The van der Waals surface area contributed by atoms with Gasteiger partial charge in [0.15, 0.2) is 5.78 Å². The van der Waals surface area contributed by atoms with Gasteiger partial charge in [-0.3, -0.25) is 4.79 Å². The van der Waals surface area contributed by atoms with Crippen molar-refractivity contribution < 1.29 is 14.3 Å². The smallest absolute Gasteiger partial charge is 0.161 e. The van der Waals surface area contributed by atoms with Crippen molar-refractivity contribution in [3.05, 3.63) is 53.6 Å². The number of nitrogens with two attached hydrogens (primary N) is 1. The summed E-state index contributed by atoms with van der Waals surface area (Å²) in [5, 5.41) is 0. The van der Waals surface area contributed by atoms with Gasteiger partial charge in [0, 0.05) is 22.9 Å². The number of carbonyl (C=O) groups excluding carboxylic acids is 1. The van der Waals surface area contributed by atoms with Crippen molar-refractivity contribution in [1.82, 2.24) is 0 Å². The van der Waals surface area contributed by atoms with Crippen LogP contribution in [0.3, 0.4) is 0 Å². The summed E-state index contributed by atoms with van der Waals surface area (Å²) in [7, 11) is 1.62. The van der Waals surface area contributed by atoms with Crippen molar-refractivity contribution >= 4 is 11.5 Å². The summed E-state index contributed by atoms with van der Waals surface area (Å²) >= 11 is 0. The average Bonchev–Trinajstić information content (AvgIpc) is 2.45. The predicted molar refractivity (Wildman–Crippen MR) is 78.2 cm³/mol. The van der Waals surface area contributed by atoms with Crippen LogP contribution in [-0.4, -0.2) is 12.9 Å². The molecule has 0 aliphatic rings. The number of para-hydroxylation sites is 1. The van der Waals surface area contributed by atoms with E-state index in [-0.39, 0.29) is 5.78 Å². The predicted octanol–water partition coefficient (Wildman–Crippen LogP) is 3.06. The molecule has 0 bridgehead atoms. The van der Waals surface area contributed by atoms with E-state index >= 15 is 0 Å². The molecule has 0 saturated heterocycles. The number of hydrogen-bond donors (Lipinski definition) is 1. The highest BCUT2D eigenvalue weighted by Crippen LogP contribution is 2.23. The molecule has 0 aliphatic heterocycles. The van der Waals surface area contributed by atoms with E-state index in [2.05, 4.69) is 0 Å². The minimum absolute atomic E-state index is 0.0567. The first-order valence-electron chi connectivity index (χ1n) is 6.27. The van der Waals surface area contributed by atoms with E-state index in [0.29, 0.717) is 23.6 Å². The van der Waals surface area contributed by atoms with Crippen LogP contribution in [0.5, 0.6) is 11.5 Å². The summed E-state index contributed by atoms with van der Waals surface area (Å²) < 4.78 is 10.9. The first-order valence-corrected chi connectivity index (χ1v) is 6.27. The fraction of sp³-hybridized carbons (Fsp3) is 0.188. The van der Waals surface area contributed by atoms with E-state index in [1.807, 2.05) is 24.3 Å². The summed E-state index contributed by atoms with van der Waals surface area (Å²) in [4.78, 5) is 11.3. The highest BCUT2D eigenvalue weighted by Gasteiger charge is 2.07. The average molecular weight is 271 g/mol. The number of anilines is 1. The third kappa shape index (κ3) is 3.09. The molecule has 104 valence electrons. The van der Waals surface area contributed by atoms with Crippen molar-refractivity contribution in [3.8, 4) is 11.5 Å². The maximum atomic E-state index is 11.3. The van der Waals surface area contributed by atoms with Crippen LogP contribution in [0.1, 0.15) is 22.8 Å². The Bertz CT molecular complexity index is 623. The molecule has 0 amide bonds. The Kier molecular flexibility index (Phi) is 4.25. The van der Waals surface area contributed by atoms with E-state index in [1.54, 1.807) is 25.3 Å². The standard InChI is InChI=1S/C16H17NO3/c1-11(18)14-8-7-13(9-15(14)17)20-10-12-5-3-4-6-16(12)19-2/h3-9H,10,17H2,1-2H3. The van der Waals surface area contributed by atoms with Crippen LogP contribution < -0.4 is 15.2 Å². The Hall–Kier alpha value is -2.49. The lowest BCUT2D eigenvalue weighted by Crippen LogP contribution is -2.02. The second kappa shape index (κ2) is 6.10.